The number of phenols is 1. The predicted molar refractivity (Wildman–Crippen MR) is 145 cm³/mol. The molecule has 3 aromatic carbocycles. The number of hydrogen-bond donors (Lipinski definition) is 3. The summed E-state index contributed by atoms with van der Waals surface area (Å²) in [5.41, 5.74) is 1.03. The van der Waals surface area contributed by atoms with Gasteiger partial charge in [-0.3, -0.25) is 19.5 Å². The van der Waals surface area contributed by atoms with Crippen molar-refractivity contribution in [1.82, 2.24) is 20.5 Å². The van der Waals surface area contributed by atoms with E-state index in [4.69, 9.17) is 21.1 Å². The number of hydrogen-bond acceptors (Lipinski definition) is 7. The fraction of sp³-hybridized carbons (Fsp3) is 0.250. The van der Waals surface area contributed by atoms with Crippen molar-refractivity contribution in [2.24, 2.45) is 0 Å². The molecule has 196 valence electrons. The summed E-state index contributed by atoms with van der Waals surface area (Å²) in [5.74, 6) is 0.268. The first-order chi connectivity index (χ1) is 18.5. The number of pyridine rings is 1. The van der Waals surface area contributed by atoms with E-state index in [0.717, 1.165) is 10.8 Å². The molecule has 38 heavy (non-hydrogen) atoms. The average Bonchev–Trinajstić information content (AvgIpc) is 2.93. The molecule has 0 aliphatic carbocycles. The highest BCUT2D eigenvalue weighted by Gasteiger charge is 2.17. The van der Waals surface area contributed by atoms with Crippen LogP contribution in [0.2, 0.25) is 5.02 Å². The van der Waals surface area contributed by atoms with Crippen LogP contribution < -0.4 is 20.1 Å². The summed E-state index contributed by atoms with van der Waals surface area (Å²) in [6, 6.07) is 16.6. The fourth-order valence-corrected chi connectivity index (χ4v) is 4.67. The first kappa shape index (κ1) is 25.6. The number of amides is 2. The molecule has 0 bridgehead atoms. The van der Waals surface area contributed by atoms with Crippen LogP contribution in [0.4, 0.5) is 0 Å². The van der Waals surface area contributed by atoms with Crippen molar-refractivity contribution < 1.29 is 24.2 Å². The zero-order valence-corrected chi connectivity index (χ0v) is 21.3. The number of nitrogens with zero attached hydrogens (tertiary/aromatic N) is 2. The molecular weight excluding hydrogens is 508 g/mol. The molecule has 5 rings (SSSR count). The van der Waals surface area contributed by atoms with Crippen LogP contribution in [-0.2, 0) is 16.1 Å². The van der Waals surface area contributed by atoms with Gasteiger partial charge in [-0.05, 0) is 41.1 Å². The second-order valence-corrected chi connectivity index (χ2v) is 9.37. The highest BCUT2D eigenvalue weighted by atomic mass is 35.5. The fourth-order valence-electron chi connectivity index (χ4n) is 4.39. The number of carbonyl (C=O) groups excluding carboxylic acids is 2. The van der Waals surface area contributed by atoms with Crippen LogP contribution in [0.5, 0.6) is 17.2 Å². The molecule has 0 fully saturated rings. The maximum absolute atomic E-state index is 12.5. The molecule has 0 spiro atoms. The van der Waals surface area contributed by atoms with Crippen molar-refractivity contribution in [2.75, 3.05) is 39.4 Å². The molecule has 4 aromatic rings. The molecule has 0 saturated carbocycles. The van der Waals surface area contributed by atoms with Gasteiger partial charge in [-0.15, -0.1) is 0 Å². The number of benzene rings is 3. The largest absolute Gasteiger partial charge is 0.505 e. The van der Waals surface area contributed by atoms with E-state index in [9.17, 15) is 14.7 Å². The standard InChI is InChI=1S/C28H27ClN4O5/c29-22-12-20(28(36)27-21(22)6-3-7-32-27)15-33-10-8-30-25(34)16-37-23-13-18-4-1-2-5-19(18)14-24(23)38-17-26(35)31-9-11-33/h1-7,12-14,36H,8-11,15-17H2,(H,30,34)(H,31,35). The Morgan fingerprint density at radius 1 is 0.895 bits per heavy atom. The van der Waals surface area contributed by atoms with Gasteiger partial charge in [0.1, 0.15) is 11.3 Å². The van der Waals surface area contributed by atoms with E-state index in [-0.39, 0.29) is 30.8 Å². The Labute approximate surface area is 224 Å². The van der Waals surface area contributed by atoms with Gasteiger partial charge >= 0.3 is 0 Å². The number of aromatic nitrogens is 1. The van der Waals surface area contributed by atoms with Crippen LogP contribution in [0.25, 0.3) is 21.7 Å². The smallest absolute Gasteiger partial charge is 0.257 e. The van der Waals surface area contributed by atoms with Crippen LogP contribution in [0.15, 0.2) is 60.8 Å². The van der Waals surface area contributed by atoms with Crippen molar-refractivity contribution in [3.05, 3.63) is 71.4 Å². The monoisotopic (exact) mass is 534 g/mol. The molecule has 0 saturated heterocycles. The lowest BCUT2D eigenvalue weighted by Crippen LogP contribution is -2.40. The van der Waals surface area contributed by atoms with Crippen molar-refractivity contribution in [1.29, 1.82) is 0 Å². The minimum atomic E-state index is -0.283. The topological polar surface area (TPSA) is 113 Å². The van der Waals surface area contributed by atoms with Crippen LogP contribution in [0.1, 0.15) is 5.56 Å². The molecule has 3 N–H and O–H groups in total. The van der Waals surface area contributed by atoms with Gasteiger partial charge in [0.15, 0.2) is 24.7 Å². The average molecular weight is 535 g/mol. The number of nitrogens with one attached hydrogen (secondary N) is 2. The Kier molecular flexibility index (Phi) is 7.76. The molecular formula is C28H27ClN4O5. The van der Waals surface area contributed by atoms with E-state index in [1.807, 2.05) is 29.2 Å². The molecule has 2 heterocycles. The SMILES string of the molecule is O=C1COc2cc3ccccc3cc2OCC(=O)NCCN(Cc2cc(Cl)c3cccnc3c2O)CCN1. The zero-order valence-electron chi connectivity index (χ0n) is 20.6. The summed E-state index contributed by atoms with van der Waals surface area (Å²) in [5, 5.41) is 19.6. The van der Waals surface area contributed by atoms with Crippen LogP contribution in [0.3, 0.4) is 0 Å². The number of rotatable bonds is 2. The minimum absolute atomic E-state index is 0.0564. The second kappa shape index (κ2) is 11.5. The Hall–Kier alpha value is -4.08. The van der Waals surface area contributed by atoms with Gasteiger partial charge < -0.3 is 25.2 Å². The molecule has 1 aliphatic heterocycles. The van der Waals surface area contributed by atoms with E-state index >= 15 is 0 Å². The quantitative estimate of drug-likeness (QED) is 0.362. The molecule has 0 unspecified atom stereocenters. The number of aromatic hydroxyl groups is 1. The van der Waals surface area contributed by atoms with E-state index < -0.39 is 0 Å². The first-order valence-electron chi connectivity index (χ1n) is 12.3. The number of phenolic OH excluding ortho intramolecular Hbond substituents is 1. The molecule has 2 amide bonds. The van der Waals surface area contributed by atoms with Gasteiger partial charge in [0.2, 0.25) is 0 Å². The predicted octanol–water partition coefficient (Wildman–Crippen LogP) is 3.25. The molecule has 10 heteroatoms. The van der Waals surface area contributed by atoms with Gasteiger partial charge in [0.05, 0.1) is 5.02 Å². The van der Waals surface area contributed by atoms with E-state index in [2.05, 4.69) is 15.6 Å². The summed E-state index contributed by atoms with van der Waals surface area (Å²) in [6.45, 7) is 1.57. The Bertz CT molecular complexity index is 1430. The number of carbonyl (C=O) groups is 2. The second-order valence-electron chi connectivity index (χ2n) is 8.97. The van der Waals surface area contributed by atoms with Gasteiger partial charge in [-0.2, -0.15) is 0 Å². The lowest BCUT2D eigenvalue weighted by atomic mass is 10.1. The highest BCUT2D eigenvalue weighted by Crippen LogP contribution is 2.34. The summed E-state index contributed by atoms with van der Waals surface area (Å²) in [4.78, 5) is 31.3. The van der Waals surface area contributed by atoms with Gasteiger partial charge in [0.25, 0.3) is 11.8 Å². The van der Waals surface area contributed by atoms with Gasteiger partial charge in [0, 0.05) is 49.9 Å². The van der Waals surface area contributed by atoms with E-state index in [0.29, 0.717) is 65.7 Å². The molecule has 1 aromatic heterocycles. The summed E-state index contributed by atoms with van der Waals surface area (Å²) >= 11 is 6.45. The first-order valence-corrected chi connectivity index (χ1v) is 12.6. The Morgan fingerprint density at radius 3 is 2.11 bits per heavy atom. The van der Waals surface area contributed by atoms with Crippen LogP contribution in [0, 0.1) is 0 Å². The summed E-state index contributed by atoms with van der Waals surface area (Å²) in [6.07, 6.45) is 1.60. The maximum Gasteiger partial charge on any atom is 0.257 e. The van der Waals surface area contributed by atoms with Crippen LogP contribution >= 0.6 is 11.6 Å². The third-order valence-electron chi connectivity index (χ3n) is 6.32. The lowest BCUT2D eigenvalue weighted by molar-refractivity contribution is -0.124. The molecule has 9 nitrogen and oxygen atoms in total. The Balaban J connectivity index is 1.32. The normalized spacial score (nSPS) is 15.9. The molecule has 0 radical (unpaired) electrons. The number of halogens is 1. The summed E-state index contributed by atoms with van der Waals surface area (Å²) < 4.78 is 11.5. The van der Waals surface area contributed by atoms with E-state index in [1.165, 1.54) is 0 Å². The summed E-state index contributed by atoms with van der Waals surface area (Å²) in [7, 11) is 0. The van der Waals surface area contributed by atoms with Crippen molar-refractivity contribution in [2.45, 2.75) is 6.54 Å². The van der Waals surface area contributed by atoms with Crippen molar-refractivity contribution >= 4 is 45.1 Å². The molecule has 0 atom stereocenters. The lowest BCUT2D eigenvalue weighted by Gasteiger charge is -2.23. The van der Waals surface area contributed by atoms with Gasteiger partial charge in [-0.1, -0.05) is 35.9 Å². The van der Waals surface area contributed by atoms with Crippen molar-refractivity contribution in [3.8, 4) is 17.2 Å². The van der Waals surface area contributed by atoms with Crippen LogP contribution in [-0.4, -0.2) is 66.2 Å². The highest BCUT2D eigenvalue weighted by molar-refractivity contribution is 6.35. The number of ether oxygens (including phenoxy) is 2. The number of fused-ring (bicyclic) bond motifs is 3. The third-order valence-corrected chi connectivity index (χ3v) is 6.63. The third kappa shape index (κ3) is 5.90. The minimum Gasteiger partial charge on any atom is -0.505 e. The molecule has 1 aliphatic rings. The zero-order chi connectivity index (χ0) is 26.5. The maximum atomic E-state index is 12.5. The van der Waals surface area contributed by atoms with Gasteiger partial charge in [-0.25, -0.2) is 0 Å². The Morgan fingerprint density at radius 2 is 1.50 bits per heavy atom. The van der Waals surface area contributed by atoms with E-state index in [1.54, 1.807) is 36.5 Å². The van der Waals surface area contributed by atoms with Crippen molar-refractivity contribution in [3.63, 3.8) is 0 Å².